The third kappa shape index (κ3) is 3.93. The van der Waals surface area contributed by atoms with Crippen molar-refractivity contribution >= 4 is 11.8 Å². The number of thioether (sulfide) groups is 1. The van der Waals surface area contributed by atoms with Crippen molar-refractivity contribution < 1.29 is 5.11 Å². The number of nitrogens with zero attached hydrogens (tertiary/aromatic N) is 2. The van der Waals surface area contributed by atoms with Crippen LogP contribution in [0.2, 0.25) is 0 Å². The normalized spacial score (nSPS) is 18.0. The maximum Gasteiger partial charge on any atom is 0.188 e. The van der Waals surface area contributed by atoms with Crippen molar-refractivity contribution in [1.29, 1.82) is 0 Å². The van der Waals surface area contributed by atoms with Crippen LogP contribution in [-0.2, 0) is 0 Å². The maximum absolute atomic E-state index is 9.88. The summed E-state index contributed by atoms with van der Waals surface area (Å²) in [5.41, 5.74) is 1.84. The van der Waals surface area contributed by atoms with Gasteiger partial charge in [0.1, 0.15) is 0 Å². The quantitative estimate of drug-likeness (QED) is 0.569. The topological polar surface area (TPSA) is 58.0 Å². The Kier molecular flexibility index (Phi) is 5.41. The van der Waals surface area contributed by atoms with E-state index in [0.29, 0.717) is 5.92 Å². The monoisotopic (exact) mass is 295 g/mol. The lowest BCUT2D eigenvalue weighted by molar-refractivity contribution is 0.159. The molecule has 0 spiro atoms. The molecule has 1 unspecified atom stereocenters. The second-order valence-electron chi connectivity index (χ2n) is 5.74. The van der Waals surface area contributed by atoms with E-state index in [9.17, 15) is 5.11 Å². The van der Waals surface area contributed by atoms with Crippen LogP contribution in [0.25, 0.3) is 0 Å². The van der Waals surface area contributed by atoms with Gasteiger partial charge in [-0.05, 0) is 51.6 Å². The van der Waals surface area contributed by atoms with Gasteiger partial charge in [-0.1, -0.05) is 18.7 Å². The van der Waals surface area contributed by atoms with Gasteiger partial charge in [0.25, 0.3) is 0 Å². The van der Waals surface area contributed by atoms with Crippen LogP contribution in [0.15, 0.2) is 11.2 Å². The van der Waals surface area contributed by atoms with Crippen LogP contribution < -0.4 is 5.32 Å². The Hall–Kier alpha value is -0.650. The fourth-order valence-corrected chi connectivity index (χ4v) is 3.74. The lowest BCUT2D eigenvalue weighted by Gasteiger charge is -2.33. The number of aliphatic hydroxyl groups excluding tert-OH is 1. The Balaban J connectivity index is 2.04. The molecular weight excluding hydrogens is 270 g/mol. The van der Waals surface area contributed by atoms with Gasteiger partial charge in [0, 0.05) is 17.1 Å². The summed E-state index contributed by atoms with van der Waals surface area (Å²) in [5, 5.41) is 14.3. The van der Waals surface area contributed by atoms with Crippen molar-refractivity contribution in [2.75, 3.05) is 18.9 Å². The van der Waals surface area contributed by atoms with Crippen LogP contribution in [0.4, 0.5) is 0 Å². The summed E-state index contributed by atoms with van der Waals surface area (Å²) in [5.74, 6) is 1.43. The van der Waals surface area contributed by atoms with Crippen LogP contribution in [-0.4, -0.2) is 39.5 Å². The van der Waals surface area contributed by atoms with E-state index in [2.05, 4.69) is 22.2 Å². The fourth-order valence-electron chi connectivity index (χ4n) is 2.51. The molecule has 0 bridgehead atoms. The summed E-state index contributed by atoms with van der Waals surface area (Å²) in [6.07, 6.45) is 3.51. The van der Waals surface area contributed by atoms with Crippen molar-refractivity contribution in [3.8, 4) is 0 Å². The average molecular weight is 295 g/mol. The highest BCUT2D eigenvalue weighted by molar-refractivity contribution is 7.99. The van der Waals surface area contributed by atoms with E-state index in [0.717, 1.165) is 35.3 Å². The van der Waals surface area contributed by atoms with E-state index in [4.69, 9.17) is 0 Å². The summed E-state index contributed by atoms with van der Waals surface area (Å²) in [4.78, 5) is 8.95. The van der Waals surface area contributed by atoms with Gasteiger partial charge in [0.05, 0.1) is 12.1 Å². The third-order valence-electron chi connectivity index (χ3n) is 3.79. The Morgan fingerprint density at radius 1 is 1.35 bits per heavy atom. The van der Waals surface area contributed by atoms with E-state index in [-0.39, 0.29) is 12.1 Å². The minimum absolute atomic E-state index is 0.165. The van der Waals surface area contributed by atoms with Gasteiger partial charge in [-0.25, -0.2) is 9.97 Å². The first-order valence-corrected chi connectivity index (χ1v) is 8.39. The molecule has 112 valence electrons. The van der Waals surface area contributed by atoms with Crippen molar-refractivity contribution in [3.63, 3.8) is 0 Å². The number of rotatable bonds is 8. The highest BCUT2D eigenvalue weighted by Gasteiger charge is 2.44. The van der Waals surface area contributed by atoms with Crippen molar-refractivity contribution in [1.82, 2.24) is 15.3 Å². The molecular formula is C15H25N3OS. The molecule has 0 saturated heterocycles. The summed E-state index contributed by atoms with van der Waals surface area (Å²) < 4.78 is 0. The van der Waals surface area contributed by atoms with Crippen LogP contribution >= 0.6 is 11.8 Å². The lowest BCUT2D eigenvalue weighted by Crippen LogP contribution is -2.53. The zero-order valence-electron chi connectivity index (χ0n) is 12.6. The molecule has 0 aromatic carbocycles. The van der Waals surface area contributed by atoms with Gasteiger partial charge in [-0.3, -0.25) is 0 Å². The smallest absolute Gasteiger partial charge is 0.188 e. The first-order chi connectivity index (χ1) is 9.59. The third-order valence-corrected chi connectivity index (χ3v) is 4.89. The van der Waals surface area contributed by atoms with E-state index in [1.54, 1.807) is 11.8 Å². The highest BCUT2D eigenvalue weighted by Crippen LogP contribution is 2.41. The van der Waals surface area contributed by atoms with Gasteiger partial charge >= 0.3 is 0 Å². The van der Waals surface area contributed by atoms with Crippen LogP contribution in [0, 0.1) is 19.8 Å². The first kappa shape index (κ1) is 15.7. The van der Waals surface area contributed by atoms with Gasteiger partial charge in [0.2, 0.25) is 0 Å². The molecule has 1 aromatic rings. The zero-order valence-corrected chi connectivity index (χ0v) is 13.5. The molecule has 4 nitrogen and oxygen atoms in total. The standard InChI is InChI=1S/C15H25N3OS/c1-4-7-16-15(9-19,13-5-6-13)10-20-14-17-11(2)8-12(3)18-14/h8,13,16,19H,4-7,9-10H2,1-3H3. The molecule has 1 fully saturated rings. The molecule has 1 aliphatic rings. The number of hydrogen-bond donors (Lipinski definition) is 2. The van der Waals surface area contributed by atoms with Gasteiger partial charge in [0.15, 0.2) is 5.16 Å². The number of aromatic nitrogens is 2. The molecule has 1 atom stereocenters. The molecule has 0 aliphatic heterocycles. The van der Waals surface area contributed by atoms with Gasteiger partial charge in [-0.2, -0.15) is 0 Å². The number of hydrogen-bond acceptors (Lipinski definition) is 5. The summed E-state index contributed by atoms with van der Waals surface area (Å²) in [7, 11) is 0. The number of nitrogens with one attached hydrogen (secondary N) is 1. The summed E-state index contributed by atoms with van der Waals surface area (Å²) in [6, 6.07) is 1.99. The van der Waals surface area contributed by atoms with Gasteiger partial charge in [-0.15, -0.1) is 0 Å². The van der Waals surface area contributed by atoms with Crippen LogP contribution in [0.3, 0.4) is 0 Å². The van der Waals surface area contributed by atoms with E-state index < -0.39 is 0 Å². The van der Waals surface area contributed by atoms with Crippen molar-refractivity contribution in [2.45, 2.75) is 50.7 Å². The Morgan fingerprint density at radius 2 is 2.00 bits per heavy atom. The molecule has 1 heterocycles. The van der Waals surface area contributed by atoms with Gasteiger partial charge < -0.3 is 10.4 Å². The zero-order chi connectivity index (χ0) is 14.6. The fraction of sp³-hybridized carbons (Fsp3) is 0.733. The second kappa shape index (κ2) is 6.87. The van der Waals surface area contributed by atoms with E-state index >= 15 is 0 Å². The number of aliphatic hydroxyl groups is 1. The average Bonchev–Trinajstić information content (AvgIpc) is 3.23. The molecule has 1 aromatic heterocycles. The predicted molar refractivity (Wildman–Crippen MR) is 83.1 cm³/mol. The van der Waals surface area contributed by atoms with Crippen molar-refractivity contribution in [2.24, 2.45) is 5.92 Å². The second-order valence-corrected chi connectivity index (χ2v) is 6.68. The molecule has 20 heavy (non-hydrogen) atoms. The number of aryl methyl sites for hydroxylation is 2. The molecule has 1 aliphatic carbocycles. The van der Waals surface area contributed by atoms with E-state index in [1.807, 2.05) is 19.9 Å². The molecule has 0 radical (unpaired) electrons. The highest BCUT2D eigenvalue weighted by atomic mass is 32.2. The van der Waals surface area contributed by atoms with Crippen LogP contribution in [0.1, 0.15) is 37.6 Å². The summed E-state index contributed by atoms with van der Waals surface area (Å²) >= 11 is 1.65. The Labute approximate surface area is 125 Å². The van der Waals surface area contributed by atoms with Crippen molar-refractivity contribution in [3.05, 3.63) is 17.5 Å². The lowest BCUT2D eigenvalue weighted by atomic mass is 9.96. The Morgan fingerprint density at radius 3 is 2.50 bits per heavy atom. The molecule has 5 heteroatoms. The minimum Gasteiger partial charge on any atom is -0.394 e. The summed E-state index contributed by atoms with van der Waals surface area (Å²) in [6.45, 7) is 7.28. The van der Waals surface area contributed by atoms with Crippen LogP contribution in [0.5, 0.6) is 0 Å². The van der Waals surface area contributed by atoms with E-state index in [1.165, 1.54) is 12.8 Å². The largest absolute Gasteiger partial charge is 0.394 e. The predicted octanol–water partition coefficient (Wildman–Crippen LogP) is 2.33. The maximum atomic E-state index is 9.88. The SMILES string of the molecule is CCCNC(CO)(CSc1nc(C)cc(C)n1)C1CC1. The first-order valence-electron chi connectivity index (χ1n) is 7.40. The molecule has 0 amide bonds. The molecule has 2 N–H and O–H groups in total. The Bertz CT molecular complexity index is 430. The molecule has 2 rings (SSSR count). The molecule has 1 saturated carbocycles. The minimum atomic E-state index is -0.165.